The molecule has 146 valence electrons. The van der Waals surface area contributed by atoms with Gasteiger partial charge in [0.05, 0.1) is 18.9 Å². The number of ether oxygens (including phenoxy) is 1. The molecule has 3 rings (SSSR count). The molecule has 0 N–H and O–H groups in total. The van der Waals surface area contributed by atoms with E-state index in [-0.39, 0.29) is 10.6 Å². The van der Waals surface area contributed by atoms with Crippen LogP contribution in [0, 0.1) is 12.8 Å². The molecule has 1 aromatic rings. The molecule has 1 unspecified atom stereocenters. The molecule has 3 heterocycles. The third-order valence-corrected chi connectivity index (χ3v) is 7.17. The molecule has 1 atom stereocenters. The van der Waals surface area contributed by atoms with Crippen molar-refractivity contribution in [2.75, 3.05) is 39.4 Å². The van der Waals surface area contributed by atoms with E-state index in [1.807, 2.05) is 0 Å². The Labute approximate surface area is 151 Å². The molecule has 26 heavy (non-hydrogen) atoms. The van der Waals surface area contributed by atoms with Gasteiger partial charge in [0.2, 0.25) is 10.0 Å². The lowest BCUT2D eigenvalue weighted by Crippen LogP contribution is -2.55. The van der Waals surface area contributed by atoms with E-state index in [2.05, 4.69) is 16.8 Å². The predicted octanol–water partition coefficient (Wildman–Crippen LogP) is 1.75. The van der Waals surface area contributed by atoms with Gasteiger partial charge < -0.3 is 4.74 Å². The molecule has 0 radical (unpaired) electrons. The average molecular weight is 393 g/mol. The highest BCUT2D eigenvalue weighted by Crippen LogP contribution is 2.30. The fourth-order valence-electron chi connectivity index (χ4n) is 3.30. The number of hydrogen-bond acceptors (Lipinski definition) is 5. The summed E-state index contributed by atoms with van der Waals surface area (Å²) >= 11 is 0. The van der Waals surface area contributed by atoms with Crippen LogP contribution in [0.2, 0.25) is 0 Å². The van der Waals surface area contributed by atoms with Crippen LogP contribution in [-0.2, 0) is 20.9 Å². The fraction of sp³-hybridized carbons (Fsp3) is 0.688. The summed E-state index contributed by atoms with van der Waals surface area (Å²) in [6.07, 6.45) is -4.60. The standard InChI is InChI=1S/C16H22F3N3O3S/c1-11-14(3-4-15(20-11)16(17,18)19)26(23,24)22-7-5-21(6-8-22)12(2)13-9-25-10-13/h3-4,12-13H,5-10H2,1-2H3. The predicted molar refractivity (Wildman–Crippen MR) is 88.1 cm³/mol. The molecule has 2 aliphatic rings. The molecule has 6 nitrogen and oxygen atoms in total. The van der Waals surface area contributed by atoms with Crippen molar-refractivity contribution in [1.82, 2.24) is 14.2 Å². The van der Waals surface area contributed by atoms with Gasteiger partial charge in [0, 0.05) is 38.1 Å². The molecular formula is C16H22F3N3O3S. The number of aryl methyl sites for hydroxylation is 1. The maximum Gasteiger partial charge on any atom is 0.433 e. The van der Waals surface area contributed by atoms with E-state index < -0.39 is 21.9 Å². The van der Waals surface area contributed by atoms with Crippen LogP contribution in [0.5, 0.6) is 0 Å². The summed E-state index contributed by atoms with van der Waals surface area (Å²) in [6.45, 7) is 6.65. The maximum atomic E-state index is 12.8. The maximum absolute atomic E-state index is 12.8. The number of alkyl halides is 3. The van der Waals surface area contributed by atoms with E-state index in [9.17, 15) is 21.6 Å². The largest absolute Gasteiger partial charge is 0.433 e. The summed E-state index contributed by atoms with van der Waals surface area (Å²) in [7, 11) is -3.86. The van der Waals surface area contributed by atoms with Crippen molar-refractivity contribution < 1.29 is 26.3 Å². The topological polar surface area (TPSA) is 62.7 Å². The highest BCUT2D eigenvalue weighted by molar-refractivity contribution is 7.89. The first-order valence-electron chi connectivity index (χ1n) is 8.47. The number of rotatable bonds is 4. The normalized spacial score (nSPS) is 22.2. The second kappa shape index (κ2) is 7.06. The second-order valence-electron chi connectivity index (χ2n) is 6.76. The zero-order valence-electron chi connectivity index (χ0n) is 14.7. The fourth-order valence-corrected chi connectivity index (χ4v) is 4.88. The molecule has 0 aromatic carbocycles. The zero-order valence-corrected chi connectivity index (χ0v) is 15.5. The first-order chi connectivity index (χ1) is 12.1. The van der Waals surface area contributed by atoms with Gasteiger partial charge in [0.1, 0.15) is 10.6 Å². The van der Waals surface area contributed by atoms with E-state index in [4.69, 9.17) is 4.74 Å². The lowest BCUT2D eigenvalue weighted by molar-refractivity contribution is -0.141. The number of sulfonamides is 1. The first-order valence-corrected chi connectivity index (χ1v) is 9.91. The highest BCUT2D eigenvalue weighted by Gasteiger charge is 2.37. The van der Waals surface area contributed by atoms with Crippen LogP contribution in [0.4, 0.5) is 13.2 Å². The molecule has 0 amide bonds. The molecular weight excluding hydrogens is 371 g/mol. The lowest BCUT2D eigenvalue weighted by atomic mass is 9.98. The summed E-state index contributed by atoms with van der Waals surface area (Å²) in [5.41, 5.74) is -1.22. The van der Waals surface area contributed by atoms with Crippen LogP contribution in [0.25, 0.3) is 0 Å². The molecule has 0 aliphatic carbocycles. The summed E-state index contributed by atoms with van der Waals surface area (Å²) in [5.74, 6) is 0.472. The van der Waals surface area contributed by atoms with Crippen LogP contribution < -0.4 is 0 Å². The zero-order chi connectivity index (χ0) is 19.1. The Morgan fingerprint density at radius 2 is 1.81 bits per heavy atom. The minimum absolute atomic E-state index is 0.137. The molecule has 2 fully saturated rings. The summed E-state index contributed by atoms with van der Waals surface area (Å²) < 4.78 is 70.4. The van der Waals surface area contributed by atoms with Crippen molar-refractivity contribution in [3.63, 3.8) is 0 Å². The van der Waals surface area contributed by atoms with E-state index >= 15 is 0 Å². The number of nitrogens with zero attached hydrogens (tertiary/aromatic N) is 3. The Hall–Kier alpha value is -1.23. The molecule has 2 aliphatic heterocycles. The second-order valence-corrected chi connectivity index (χ2v) is 8.66. The smallest absolute Gasteiger partial charge is 0.381 e. The van der Waals surface area contributed by atoms with Crippen molar-refractivity contribution in [3.8, 4) is 0 Å². The Morgan fingerprint density at radius 1 is 1.19 bits per heavy atom. The number of piperazine rings is 1. The van der Waals surface area contributed by atoms with E-state index in [1.54, 1.807) is 0 Å². The van der Waals surface area contributed by atoms with Crippen LogP contribution in [-0.4, -0.2) is 68.0 Å². The minimum atomic E-state index is -4.60. The monoisotopic (exact) mass is 393 g/mol. The van der Waals surface area contributed by atoms with Crippen LogP contribution in [0.1, 0.15) is 18.3 Å². The minimum Gasteiger partial charge on any atom is -0.381 e. The van der Waals surface area contributed by atoms with Crippen LogP contribution >= 0.6 is 0 Å². The van der Waals surface area contributed by atoms with Gasteiger partial charge >= 0.3 is 6.18 Å². The Bertz CT molecular complexity index is 758. The van der Waals surface area contributed by atoms with E-state index in [0.29, 0.717) is 38.1 Å². The SMILES string of the molecule is Cc1nc(C(F)(F)F)ccc1S(=O)(=O)N1CCN(C(C)C2COC2)CC1. The summed E-state index contributed by atoms with van der Waals surface area (Å²) in [5, 5.41) is 0. The van der Waals surface area contributed by atoms with Crippen molar-refractivity contribution >= 4 is 10.0 Å². The molecule has 1 aromatic heterocycles. The number of halogens is 3. The van der Waals surface area contributed by atoms with Gasteiger partial charge in [0.15, 0.2) is 0 Å². The van der Waals surface area contributed by atoms with Crippen molar-refractivity contribution in [2.45, 2.75) is 31.0 Å². The van der Waals surface area contributed by atoms with Crippen LogP contribution in [0.3, 0.4) is 0 Å². The molecule has 10 heteroatoms. The first kappa shape index (κ1) is 19.5. The van der Waals surface area contributed by atoms with Gasteiger partial charge in [-0.05, 0) is 26.0 Å². The molecule has 0 saturated carbocycles. The van der Waals surface area contributed by atoms with Gasteiger partial charge in [-0.1, -0.05) is 0 Å². The van der Waals surface area contributed by atoms with Crippen molar-refractivity contribution in [1.29, 1.82) is 0 Å². The van der Waals surface area contributed by atoms with E-state index in [1.165, 1.54) is 11.2 Å². The Morgan fingerprint density at radius 3 is 2.27 bits per heavy atom. The summed E-state index contributed by atoms with van der Waals surface area (Å²) in [6, 6.07) is 2.04. The van der Waals surface area contributed by atoms with E-state index in [0.717, 1.165) is 25.3 Å². The molecule has 0 bridgehead atoms. The lowest BCUT2D eigenvalue weighted by Gasteiger charge is -2.42. The number of hydrogen-bond donors (Lipinski definition) is 0. The highest BCUT2D eigenvalue weighted by atomic mass is 32.2. The van der Waals surface area contributed by atoms with Crippen molar-refractivity contribution in [3.05, 3.63) is 23.5 Å². The third-order valence-electron chi connectivity index (χ3n) is 5.14. The number of pyridine rings is 1. The van der Waals surface area contributed by atoms with Gasteiger partial charge in [-0.15, -0.1) is 0 Å². The number of aromatic nitrogens is 1. The Kier molecular flexibility index (Phi) is 5.31. The van der Waals surface area contributed by atoms with Gasteiger partial charge in [-0.25, -0.2) is 13.4 Å². The van der Waals surface area contributed by atoms with Gasteiger partial charge in [0.25, 0.3) is 0 Å². The summed E-state index contributed by atoms with van der Waals surface area (Å²) in [4.78, 5) is 5.50. The van der Waals surface area contributed by atoms with Gasteiger partial charge in [-0.2, -0.15) is 17.5 Å². The quantitative estimate of drug-likeness (QED) is 0.780. The third kappa shape index (κ3) is 3.73. The van der Waals surface area contributed by atoms with Crippen molar-refractivity contribution in [2.24, 2.45) is 5.92 Å². The Balaban J connectivity index is 1.71. The van der Waals surface area contributed by atoms with Gasteiger partial charge in [-0.3, -0.25) is 4.90 Å². The van der Waals surface area contributed by atoms with Crippen LogP contribution in [0.15, 0.2) is 17.0 Å². The average Bonchev–Trinajstić information content (AvgIpc) is 2.52. The molecule has 0 spiro atoms. The molecule has 2 saturated heterocycles.